The Kier molecular flexibility index (Phi) is 4.75. The first kappa shape index (κ1) is 16.0. The van der Waals surface area contributed by atoms with Crippen LogP contribution in [0.15, 0.2) is 36.0 Å². The Bertz CT molecular complexity index is 639. The molecule has 7 heteroatoms. The Morgan fingerprint density at radius 2 is 2.12 bits per heavy atom. The third-order valence-corrected chi connectivity index (χ3v) is 5.31. The van der Waals surface area contributed by atoms with Gasteiger partial charge in [0, 0.05) is 44.0 Å². The second-order valence-electron chi connectivity index (χ2n) is 6.35. The number of hydrogen-bond donors (Lipinski definition) is 0. The summed E-state index contributed by atoms with van der Waals surface area (Å²) in [6.07, 6.45) is 3.71. The van der Waals surface area contributed by atoms with Gasteiger partial charge in [0.1, 0.15) is 5.60 Å². The van der Waals surface area contributed by atoms with E-state index >= 15 is 0 Å². The van der Waals surface area contributed by atoms with E-state index < -0.39 is 0 Å². The van der Waals surface area contributed by atoms with Gasteiger partial charge in [-0.3, -0.25) is 9.88 Å². The summed E-state index contributed by atoms with van der Waals surface area (Å²) < 4.78 is 12.1. The first-order valence-corrected chi connectivity index (χ1v) is 9.19. The molecule has 1 atom stereocenters. The molecule has 24 heavy (non-hydrogen) atoms. The summed E-state index contributed by atoms with van der Waals surface area (Å²) in [7, 11) is 0. The molecule has 2 fully saturated rings. The van der Waals surface area contributed by atoms with E-state index in [1.807, 2.05) is 29.9 Å². The van der Waals surface area contributed by atoms with Gasteiger partial charge in [-0.05, 0) is 12.1 Å². The van der Waals surface area contributed by atoms with Crippen LogP contribution in [0.2, 0.25) is 0 Å². The van der Waals surface area contributed by atoms with Gasteiger partial charge in [-0.25, -0.2) is 4.98 Å². The highest BCUT2D eigenvalue weighted by molar-refractivity contribution is 7.13. The zero-order valence-corrected chi connectivity index (χ0v) is 14.5. The molecule has 0 radical (unpaired) electrons. The molecule has 2 aromatic heterocycles. The molecule has 2 aliphatic heterocycles. The van der Waals surface area contributed by atoms with E-state index in [9.17, 15) is 0 Å². The van der Waals surface area contributed by atoms with Crippen molar-refractivity contribution in [3.05, 3.63) is 41.7 Å². The lowest BCUT2D eigenvalue weighted by Crippen LogP contribution is -2.58. The Hall–Kier alpha value is -1.54. The van der Waals surface area contributed by atoms with Gasteiger partial charge in [-0.1, -0.05) is 6.07 Å². The molecule has 2 aliphatic rings. The number of morpholine rings is 1. The normalized spacial score (nSPS) is 25.8. The summed E-state index contributed by atoms with van der Waals surface area (Å²) in [6, 6.07) is 6.07. The molecule has 0 saturated carbocycles. The van der Waals surface area contributed by atoms with Gasteiger partial charge in [0.15, 0.2) is 5.13 Å². The molecular weight excluding hydrogens is 324 g/mol. The molecule has 4 rings (SSSR count). The van der Waals surface area contributed by atoms with Crippen molar-refractivity contribution in [3.8, 4) is 0 Å². The molecule has 0 N–H and O–H groups in total. The van der Waals surface area contributed by atoms with Crippen molar-refractivity contribution in [2.75, 3.05) is 50.9 Å². The Morgan fingerprint density at radius 1 is 1.12 bits per heavy atom. The molecule has 6 nitrogen and oxygen atoms in total. The molecule has 4 heterocycles. The topological polar surface area (TPSA) is 50.7 Å². The second kappa shape index (κ2) is 7.14. The van der Waals surface area contributed by atoms with Gasteiger partial charge >= 0.3 is 0 Å². The largest absolute Gasteiger partial charge is 0.376 e. The fraction of sp³-hybridized carbons (Fsp3) is 0.529. The Morgan fingerprint density at radius 3 is 2.96 bits per heavy atom. The van der Waals surface area contributed by atoms with Crippen LogP contribution in [-0.2, 0) is 16.0 Å². The molecule has 0 amide bonds. The minimum absolute atomic E-state index is 0.296. The minimum Gasteiger partial charge on any atom is -0.376 e. The summed E-state index contributed by atoms with van der Waals surface area (Å²) >= 11 is 1.67. The number of pyridine rings is 1. The summed E-state index contributed by atoms with van der Waals surface area (Å²) in [6.45, 7) is 6.38. The van der Waals surface area contributed by atoms with E-state index in [0.29, 0.717) is 13.2 Å². The summed E-state index contributed by atoms with van der Waals surface area (Å²) in [5, 5.41) is 3.06. The number of aromatic nitrogens is 2. The highest BCUT2D eigenvalue weighted by Crippen LogP contribution is 2.27. The van der Waals surface area contributed by atoms with Crippen molar-refractivity contribution in [1.82, 2.24) is 14.9 Å². The summed E-state index contributed by atoms with van der Waals surface area (Å²) in [5.74, 6) is 0. The van der Waals surface area contributed by atoms with Crippen LogP contribution in [-0.4, -0.2) is 66.5 Å². The number of rotatable bonds is 3. The van der Waals surface area contributed by atoms with Crippen LogP contribution < -0.4 is 4.90 Å². The van der Waals surface area contributed by atoms with E-state index in [1.165, 1.54) is 0 Å². The molecule has 128 valence electrons. The highest BCUT2D eigenvalue weighted by atomic mass is 32.1. The lowest BCUT2D eigenvalue weighted by Gasteiger charge is -2.43. The molecule has 0 bridgehead atoms. The highest BCUT2D eigenvalue weighted by Gasteiger charge is 2.40. The first-order valence-electron chi connectivity index (χ1n) is 8.31. The lowest BCUT2D eigenvalue weighted by molar-refractivity contribution is -0.134. The van der Waals surface area contributed by atoms with E-state index in [4.69, 9.17) is 9.47 Å². The standard InChI is InChI=1S/C17H22N4O2S/c1-2-4-18-15(3-1)11-20-6-9-23-17(12-20)13-21(7-8-22-14-17)16-19-5-10-24-16/h1-5,10H,6-9,11-14H2. The maximum atomic E-state index is 6.23. The van der Waals surface area contributed by atoms with Gasteiger partial charge in [-0.15, -0.1) is 11.3 Å². The molecule has 0 aliphatic carbocycles. The second-order valence-corrected chi connectivity index (χ2v) is 7.23. The molecule has 0 aromatic carbocycles. The number of hydrogen-bond acceptors (Lipinski definition) is 7. The van der Waals surface area contributed by atoms with E-state index in [-0.39, 0.29) is 5.60 Å². The maximum Gasteiger partial charge on any atom is 0.185 e. The van der Waals surface area contributed by atoms with Gasteiger partial charge < -0.3 is 14.4 Å². The smallest absolute Gasteiger partial charge is 0.185 e. The fourth-order valence-electron chi connectivity index (χ4n) is 3.40. The van der Waals surface area contributed by atoms with Gasteiger partial charge in [0.2, 0.25) is 0 Å². The van der Waals surface area contributed by atoms with Crippen molar-refractivity contribution in [2.45, 2.75) is 12.1 Å². The number of anilines is 1. The third kappa shape index (κ3) is 3.59. The molecular formula is C17H22N4O2S. The van der Waals surface area contributed by atoms with E-state index in [2.05, 4.69) is 25.8 Å². The quantitative estimate of drug-likeness (QED) is 0.842. The van der Waals surface area contributed by atoms with Gasteiger partial charge in [-0.2, -0.15) is 0 Å². The fourth-order valence-corrected chi connectivity index (χ4v) is 4.07. The van der Waals surface area contributed by atoms with Crippen molar-refractivity contribution in [1.29, 1.82) is 0 Å². The first-order chi connectivity index (χ1) is 11.8. The van der Waals surface area contributed by atoms with E-state index in [1.54, 1.807) is 11.3 Å². The maximum absolute atomic E-state index is 6.23. The van der Waals surface area contributed by atoms with Crippen LogP contribution >= 0.6 is 11.3 Å². The van der Waals surface area contributed by atoms with Crippen LogP contribution in [0.3, 0.4) is 0 Å². The molecule has 2 saturated heterocycles. The summed E-state index contributed by atoms with van der Waals surface area (Å²) in [4.78, 5) is 13.6. The van der Waals surface area contributed by atoms with Crippen LogP contribution in [0.1, 0.15) is 5.69 Å². The summed E-state index contributed by atoms with van der Waals surface area (Å²) in [5.41, 5.74) is 0.802. The van der Waals surface area contributed by atoms with E-state index in [0.717, 1.165) is 50.2 Å². The predicted molar refractivity (Wildman–Crippen MR) is 93.3 cm³/mol. The van der Waals surface area contributed by atoms with Crippen LogP contribution in [0.4, 0.5) is 5.13 Å². The Labute approximate surface area is 146 Å². The average Bonchev–Trinajstić information content (AvgIpc) is 3.07. The minimum atomic E-state index is -0.296. The molecule has 2 aromatic rings. The third-order valence-electron chi connectivity index (χ3n) is 4.48. The molecule has 1 spiro atoms. The van der Waals surface area contributed by atoms with Crippen molar-refractivity contribution >= 4 is 16.5 Å². The lowest BCUT2D eigenvalue weighted by atomic mass is 10.0. The predicted octanol–water partition coefficient (Wildman–Crippen LogP) is 1.65. The number of nitrogens with zero attached hydrogens (tertiary/aromatic N) is 4. The van der Waals surface area contributed by atoms with Crippen molar-refractivity contribution in [3.63, 3.8) is 0 Å². The zero-order valence-electron chi connectivity index (χ0n) is 13.6. The number of ether oxygens (including phenoxy) is 2. The zero-order chi connectivity index (χ0) is 16.2. The van der Waals surface area contributed by atoms with Crippen LogP contribution in [0.25, 0.3) is 0 Å². The van der Waals surface area contributed by atoms with Gasteiger partial charge in [0.25, 0.3) is 0 Å². The van der Waals surface area contributed by atoms with Crippen LogP contribution in [0.5, 0.6) is 0 Å². The van der Waals surface area contributed by atoms with Crippen molar-refractivity contribution in [2.24, 2.45) is 0 Å². The number of thiazole rings is 1. The van der Waals surface area contributed by atoms with Gasteiger partial charge in [0.05, 0.1) is 32.1 Å². The average molecular weight is 346 g/mol. The van der Waals surface area contributed by atoms with Crippen molar-refractivity contribution < 1.29 is 9.47 Å². The monoisotopic (exact) mass is 346 g/mol. The SMILES string of the molecule is c1ccc(CN2CCOC3(COCCN(c4nccs4)C3)C2)nc1. The Balaban J connectivity index is 1.48. The van der Waals surface area contributed by atoms with Crippen LogP contribution in [0, 0.1) is 0 Å². The molecule has 1 unspecified atom stereocenters.